The number of aromatic nitrogens is 2. The highest BCUT2D eigenvalue weighted by atomic mass is 79.9. The fourth-order valence-electron chi connectivity index (χ4n) is 2.58. The molecule has 0 aromatic carbocycles. The van der Waals surface area contributed by atoms with Crippen LogP contribution in [0.1, 0.15) is 84.8 Å². The zero-order chi connectivity index (χ0) is 28.2. The smallest absolute Gasteiger partial charge is 0.106 e. The maximum atomic E-state index is 12.2. The van der Waals surface area contributed by atoms with Crippen LogP contribution in [0.25, 0.3) is 0 Å². The van der Waals surface area contributed by atoms with Crippen molar-refractivity contribution in [2.24, 2.45) is 0 Å². The van der Waals surface area contributed by atoms with E-state index in [-0.39, 0.29) is 21.6 Å². The highest BCUT2D eigenvalue weighted by Crippen LogP contribution is 2.21. The topological polar surface area (TPSA) is 84.0 Å². The molecular weight excluding hydrogens is 636 g/mol. The molecule has 2 aromatic rings. The van der Waals surface area contributed by atoms with Gasteiger partial charge in [-0.1, -0.05) is 12.1 Å². The lowest BCUT2D eigenvalue weighted by Gasteiger charge is -2.23. The summed E-state index contributed by atoms with van der Waals surface area (Å²) in [5, 5.41) is 0. The van der Waals surface area contributed by atoms with Gasteiger partial charge in [-0.3, -0.25) is 0 Å². The molecule has 0 aliphatic carbocycles. The van der Waals surface area contributed by atoms with Crippen molar-refractivity contribution in [2.45, 2.75) is 82.9 Å². The molecule has 0 aliphatic rings. The minimum absolute atomic E-state index is 0.134. The second kappa shape index (κ2) is 15.9. The van der Waals surface area contributed by atoms with E-state index in [0.717, 1.165) is 20.6 Å². The summed E-state index contributed by atoms with van der Waals surface area (Å²) in [5.74, 6) is 8.48. The van der Waals surface area contributed by atoms with Gasteiger partial charge < -0.3 is 0 Å². The SMILES string of the molecule is C#CC[C@H](N[S@@](=O)C(C)(C)C)c1cccc(Br)n1.CC#CC[C@H](N[S@@](=O)C(C)(C)C)c1cccc(Br)n1. The average Bonchev–Trinajstić information content (AvgIpc) is 2.80. The Bertz CT molecular complexity index is 1180. The van der Waals surface area contributed by atoms with Gasteiger partial charge in [0.05, 0.1) is 54.9 Å². The minimum Gasteiger partial charge on any atom is -0.244 e. The Morgan fingerprint density at radius 2 is 1.24 bits per heavy atom. The summed E-state index contributed by atoms with van der Waals surface area (Å²) in [6.45, 7) is 13.4. The van der Waals surface area contributed by atoms with Crippen LogP contribution in [0.4, 0.5) is 0 Å². The first kappa shape index (κ1) is 33.6. The zero-order valence-corrected chi connectivity index (χ0v) is 27.2. The second-order valence-corrected chi connectivity index (χ2v) is 15.5. The monoisotopic (exact) mass is 670 g/mol. The largest absolute Gasteiger partial charge is 0.244 e. The van der Waals surface area contributed by atoms with Crippen molar-refractivity contribution >= 4 is 53.8 Å². The van der Waals surface area contributed by atoms with Gasteiger partial charge >= 0.3 is 0 Å². The molecule has 0 spiro atoms. The first-order valence-corrected chi connectivity index (χ1v) is 15.5. The van der Waals surface area contributed by atoms with E-state index in [1.54, 1.807) is 6.92 Å². The highest BCUT2D eigenvalue weighted by Gasteiger charge is 2.25. The van der Waals surface area contributed by atoms with Gasteiger partial charge in [0.25, 0.3) is 0 Å². The van der Waals surface area contributed by atoms with Gasteiger partial charge in [-0.05, 0) is 105 Å². The molecule has 2 N–H and O–H groups in total. The van der Waals surface area contributed by atoms with Crippen LogP contribution in [0.15, 0.2) is 45.6 Å². The van der Waals surface area contributed by atoms with Crippen LogP contribution in [0.3, 0.4) is 0 Å². The van der Waals surface area contributed by atoms with E-state index in [4.69, 9.17) is 6.42 Å². The van der Waals surface area contributed by atoms with Gasteiger partial charge in [0.15, 0.2) is 0 Å². The van der Waals surface area contributed by atoms with Crippen molar-refractivity contribution in [2.75, 3.05) is 0 Å². The maximum Gasteiger partial charge on any atom is 0.106 e. The van der Waals surface area contributed by atoms with Crippen LogP contribution in [0.2, 0.25) is 0 Å². The molecule has 6 nitrogen and oxygen atoms in total. The van der Waals surface area contributed by atoms with Crippen LogP contribution in [-0.2, 0) is 22.0 Å². The minimum atomic E-state index is -1.18. The Morgan fingerprint density at radius 3 is 1.57 bits per heavy atom. The number of halogens is 2. The first-order valence-electron chi connectivity index (χ1n) is 11.6. The molecular formula is C27H36Br2N4O2S2. The van der Waals surface area contributed by atoms with Crippen LogP contribution >= 0.6 is 31.9 Å². The molecule has 0 saturated carbocycles. The van der Waals surface area contributed by atoms with Gasteiger partial charge in [-0.15, -0.1) is 24.2 Å². The van der Waals surface area contributed by atoms with Crippen molar-refractivity contribution < 1.29 is 8.42 Å². The Morgan fingerprint density at radius 1 is 0.838 bits per heavy atom. The van der Waals surface area contributed by atoms with Crippen molar-refractivity contribution in [1.82, 2.24) is 19.4 Å². The predicted molar refractivity (Wildman–Crippen MR) is 163 cm³/mol. The molecule has 202 valence electrons. The molecule has 0 amide bonds. The molecule has 37 heavy (non-hydrogen) atoms. The lowest BCUT2D eigenvalue weighted by molar-refractivity contribution is 0.597. The molecule has 2 aromatic heterocycles. The number of nitrogens with one attached hydrogen (secondary N) is 2. The molecule has 4 atom stereocenters. The quantitative estimate of drug-likeness (QED) is 0.255. The molecule has 0 saturated heterocycles. The summed E-state index contributed by atoms with van der Waals surface area (Å²) in [4.78, 5) is 8.76. The summed E-state index contributed by atoms with van der Waals surface area (Å²) in [5.41, 5.74) is 1.63. The van der Waals surface area contributed by atoms with Gasteiger partial charge in [-0.2, -0.15) is 0 Å². The molecule has 2 heterocycles. The number of nitrogens with zero attached hydrogens (tertiary/aromatic N) is 2. The number of terminal acetylenes is 1. The van der Waals surface area contributed by atoms with Crippen LogP contribution in [0, 0.1) is 24.2 Å². The summed E-state index contributed by atoms with van der Waals surface area (Å²) >= 11 is 6.67. The van der Waals surface area contributed by atoms with Gasteiger partial charge in [0.1, 0.15) is 9.21 Å². The Labute approximate surface area is 244 Å². The van der Waals surface area contributed by atoms with Crippen molar-refractivity contribution in [1.29, 1.82) is 0 Å². The third-order valence-electron chi connectivity index (χ3n) is 4.60. The zero-order valence-electron chi connectivity index (χ0n) is 22.4. The van der Waals surface area contributed by atoms with E-state index in [9.17, 15) is 8.42 Å². The fourth-order valence-corrected chi connectivity index (χ4v) is 4.93. The molecule has 2 rings (SSSR count). The first-order chi connectivity index (χ1) is 17.2. The van der Waals surface area contributed by atoms with Gasteiger partial charge in [0.2, 0.25) is 0 Å². The predicted octanol–water partition coefficient (Wildman–Crippen LogP) is 6.31. The average molecular weight is 673 g/mol. The molecule has 0 unspecified atom stereocenters. The van der Waals surface area contributed by atoms with E-state index in [2.05, 4.69) is 69.0 Å². The van der Waals surface area contributed by atoms with E-state index < -0.39 is 22.0 Å². The van der Waals surface area contributed by atoms with E-state index >= 15 is 0 Å². The lowest BCUT2D eigenvalue weighted by atomic mass is 10.1. The highest BCUT2D eigenvalue weighted by molar-refractivity contribution is 9.10. The van der Waals surface area contributed by atoms with Crippen LogP contribution < -0.4 is 9.44 Å². The second-order valence-electron chi connectivity index (χ2n) is 9.91. The Kier molecular flexibility index (Phi) is 14.4. The summed E-state index contributed by atoms with van der Waals surface area (Å²) < 4.78 is 31.3. The third kappa shape index (κ3) is 12.8. The Balaban J connectivity index is 0.000000371. The number of rotatable bonds is 8. The van der Waals surface area contributed by atoms with Crippen LogP contribution in [0.5, 0.6) is 0 Å². The maximum absolute atomic E-state index is 12.2. The summed E-state index contributed by atoms with van der Waals surface area (Å²) in [6, 6.07) is 11.0. The number of hydrogen-bond acceptors (Lipinski definition) is 4. The normalized spacial score (nSPS) is 14.6. The summed E-state index contributed by atoms with van der Waals surface area (Å²) in [6.07, 6.45) is 6.40. The van der Waals surface area contributed by atoms with E-state index in [1.165, 1.54) is 0 Å². The number of pyridine rings is 2. The lowest BCUT2D eigenvalue weighted by Crippen LogP contribution is -2.36. The van der Waals surface area contributed by atoms with Gasteiger partial charge in [0, 0.05) is 12.8 Å². The molecule has 0 bridgehead atoms. The molecule has 0 fully saturated rings. The van der Waals surface area contributed by atoms with Crippen molar-refractivity contribution in [3.05, 3.63) is 57.0 Å². The number of hydrogen-bond donors (Lipinski definition) is 2. The molecule has 10 heteroatoms. The fraction of sp³-hybridized carbons (Fsp3) is 0.481. The van der Waals surface area contributed by atoms with Gasteiger partial charge in [-0.25, -0.2) is 27.8 Å². The molecule has 0 aliphatic heterocycles. The Hall–Kier alpha value is -1.40. The summed E-state index contributed by atoms with van der Waals surface area (Å²) in [7, 11) is -2.33. The van der Waals surface area contributed by atoms with Crippen LogP contribution in [-0.4, -0.2) is 27.9 Å². The van der Waals surface area contributed by atoms with E-state index in [0.29, 0.717) is 12.8 Å². The molecule has 0 radical (unpaired) electrons. The van der Waals surface area contributed by atoms with E-state index in [1.807, 2.05) is 77.9 Å². The van der Waals surface area contributed by atoms with Crippen molar-refractivity contribution in [3.8, 4) is 24.2 Å². The standard InChI is InChI=1S/C14H19BrN2OS.C13H17BrN2OS/c1-5-6-8-12(17-19(18)14(2,3)4)11-9-7-10-13(15)16-11;1-5-7-11(16-18(17)13(2,3)4)10-8-6-9-12(14)15-10/h7,9-10,12,17H,8H2,1-4H3;1,6,8-9,11,16H,7H2,2-4H3/t12-,19-;11-,18-/m00/s1. The van der Waals surface area contributed by atoms with Crippen molar-refractivity contribution in [3.63, 3.8) is 0 Å². The third-order valence-corrected chi connectivity index (χ3v) is 8.71.